The zero-order valence-electron chi connectivity index (χ0n) is 11.6. The zero-order valence-corrected chi connectivity index (χ0v) is 12.4. The lowest BCUT2D eigenvalue weighted by Crippen LogP contribution is -2.03. The van der Waals surface area contributed by atoms with Crippen molar-refractivity contribution in [3.8, 4) is 5.75 Å². The number of aromatic amines is 1. The molecule has 4 nitrogen and oxygen atoms in total. The van der Waals surface area contributed by atoms with Crippen molar-refractivity contribution in [3.63, 3.8) is 0 Å². The van der Waals surface area contributed by atoms with E-state index in [0.29, 0.717) is 6.61 Å². The average molecular weight is 277 g/mol. The van der Waals surface area contributed by atoms with Gasteiger partial charge in [0.05, 0.1) is 6.61 Å². The largest absolute Gasteiger partial charge is 0.492 e. The molecule has 0 fully saturated rings. The van der Waals surface area contributed by atoms with Gasteiger partial charge in [-0.25, -0.2) is 4.98 Å². The average Bonchev–Trinajstić information content (AvgIpc) is 2.85. The van der Waals surface area contributed by atoms with Gasteiger partial charge < -0.3 is 4.74 Å². The van der Waals surface area contributed by atoms with Crippen LogP contribution in [0.15, 0.2) is 23.4 Å². The van der Waals surface area contributed by atoms with Crippen LogP contribution in [0.25, 0.3) is 0 Å². The Kier molecular flexibility index (Phi) is 4.85. The Morgan fingerprint density at radius 2 is 2.00 bits per heavy atom. The maximum Gasteiger partial charge on any atom is 0.208 e. The van der Waals surface area contributed by atoms with E-state index < -0.39 is 0 Å². The molecule has 1 N–H and O–H groups in total. The second-order valence-corrected chi connectivity index (χ2v) is 5.40. The highest BCUT2D eigenvalue weighted by molar-refractivity contribution is 7.99. The fourth-order valence-corrected chi connectivity index (χ4v) is 2.44. The maximum atomic E-state index is 5.84. The summed E-state index contributed by atoms with van der Waals surface area (Å²) in [7, 11) is 0. The van der Waals surface area contributed by atoms with E-state index in [0.717, 1.165) is 28.9 Å². The number of aryl methyl sites for hydroxylation is 3. The Morgan fingerprint density at radius 1 is 1.26 bits per heavy atom. The molecule has 102 valence electrons. The van der Waals surface area contributed by atoms with E-state index in [4.69, 9.17) is 4.74 Å². The standard InChI is InChI=1S/C14H19N3OS/c1-4-12-15-14(17-16-12)19-9-8-18-13-10(2)6-5-7-11(13)3/h5-7H,4,8-9H2,1-3H3,(H,15,16,17). The molecule has 0 saturated heterocycles. The van der Waals surface area contributed by atoms with Gasteiger partial charge in [0, 0.05) is 12.2 Å². The highest BCUT2D eigenvalue weighted by Crippen LogP contribution is 2.22. The first kappa shape index (κ1) is 13.9. The van der Waals surface area contributed by atoms with Gasteiger partial charge in [0.2, 0.25) is 5.16 Å². The van der Waals surface area contributed by atoms with Gasteiger partial charge in [-0.05, 0) is 25.0 Å². The van der Waals surface area contributed by atoms with Gasteiger partial charge in [-0.15, -0.1) is 5.10 Å². The topological polar surface area (TPSA) is 50.8 Å². The van der Waals surface area contributed by atoms with E-state index >= 15 is 0 Å². The summed E-state index contributed by atoms with van der Waals surface area (Å²) >= 11 is 1.61. The second-order valence-electron chi connectivity index (χ2n) is 4.34. The predicted molar refractivity (Wildman–Crippen MR) is 77.9 cm³/mol. The summed E-state index contributed by atoms with van der Waals surface area (Å²) in [5, 5.41) is 7.84. The Morgan fingerprint density at radius 3 is 2.63 bits per heavy atom. The van der Waals surface area contributed by atoms with Crippen LogP contribution in [0.3, 0.4) is 0 Å². The Bertz CT molecular complexity index is 519. The van der Waals surface area contributed by atoms with Gasteiger partial charge in [-0.3, -0.25) is 5.10 Å². The van der Waals surface area contributed by atoms with Crippen molar-refractivity contribution < 1.29 is 4.74 Å². The number of ether oxygens (including phenoxy) is 1. The number of benzene rings is 1. The summed E-state index contributed by atoms with van der Waals surface area (Å²) in [6.45, 7) is 6.85. The van der Waals surface area contributed by atoms with Crippen molar-refractivity contribution in [2.24, 2.45) is 0 Å². The molecular formula is C14H19N3OS. The molecule has 1 heterocycles. The minimum absolute atomic E-state index is 0.659. The number of hydrogen-bond acceptors (Lipinski definition) is 4. The second kappa shape index (κ2) is 6.61. The summed E-state index contributed by atoms with van der Waals surface area (Å²) in [4.78, 5) is 4.35. The highest BCUT2D eigenvalue weighted by atomic mass is 32.2. The molecule has 2 rings (SSSR count). The maximum absolute atomic E-state index is 5.84. The van der Waals surface area contributed by atoms with E-state index in [2.05, 4.69) is 48.1 Å². The molecule has 19 heavy (non-hydrogen) atoms. The van der Waals surface area contributed by atoms with Crippen LogP contribution in [-0.4, -0.2) is 27.5 Å². The number of hydrogen-bond donors (Lipinski definition) is 1. The molecule has 5 heteroatoms. The number of thioether (sulfide) groups is 1. The smallest absolute Gasteiger partial charge is 0.208 e. The lowest BCUT2D eigenvalue weighted by molar-refractivity contribution is 0.339. The molecular weight excluding hydrogens is 258 g/mol. The third-order valence-corrected chi connectivity index (χ3v) is 3.63. The molecule has 2 aromatic rings. The number of para-hydroxylation sites is 1. The zero-order chi connectivity index (χ0) is 13.7. The van der Waals surface area contributed by atoms with Crippen molar-refractivity contribution in [3.05, 3.63) is 35.2 Å². The Labute approximate surface area is 118 Å². The van der Waals surface area contributed by atoms with Gasteiger partial charge in [0.25, 0.3) is 0 Å². The predicted octanol–water partition coefficient (Wildman–Crippen LogP) is 3.16. The van der Waals surface area contributed by atoms with Crippen LogP contribution in [0.1, 0.15) is 23.9 Å². The van der Waals surface area contributed by atoms with Gasteiger partial charge >= 0.3 is 0 Å². The molecule has 0 unspecified atom stereocenters. The van der Waals surface area contributed by atoms with Crippen LogP contribution in [0.5, 0.6) is 5.75 Å². The molecule has 1 aromatic carbocycles. The van der Waals surface area contributed by atoms with Crippen LogP contribution in [0.2, 0.25) is 0 Å². The van der Waals surface area contributed by atoms with Crippen molar-refractivity contribution in [1.82, 2.24) is 15.2 Å². The molecule has 0 radical (unpaired) electrons. The number of aromatic nitrogens is 3. The van der Waals surface area contributed by atoms with Crippen molar-refractivity contribution in [2.75, 3.05) is 12.4 Å². The van der Waals surface area contributed by atoms with E-state index in [1.807, 2.05) is 6.07 Å². The fourth-order valence-electron chi connectivity index (χ4n) is 1.80. The number of H-pyrrole nitrogens is 1. The number of rotatable bonds is 6. The van der Waals surface area contributed by atoms with Crippen molar-refractivity contribution in [2.45, 2.75) is 32.3 Å². The summed E-state index contributed by atoms with van der Waals surface area (Å²) in [6, 6.07) is 6.18. The lowest BCUT2D eigenvalue weighted by Gasteiger charge is -2.10. The number of nitrogens with one attached hydrogen (secondary N) is 1. The van der Waals surface area contributed by atoms with Crippen molar-refractivity contribution >= 4 is 11.8 Å². The summed E-state index contributed by atoms with van der Waals surface area (Å²) in [5.74, 6) is 2.76. The lowest BCUT2D eigenvalue weighted by atomic mass is 10.1. The van der Waals surface area contributed by atoms with Gasteiger partial charge in [0.15, 0.2) is 0 Å². The first-order valence-electron chi connectivity index (χ1n) is 6.43. The Hall–Kier alpha value is -1.49. The molecule has 0 spiro atoms. The van der Waals surface area contributed by atoms with Gasteiger partial charge in [-0.2, -0.15) is 0 Å². The first-order valence-corrected chi connectivity index (χ1v) is 7.42. The molecule has 0 atom stereocenters. The normalized spacial score (nSPS) is 10.7. The van der Waals surface area contributed by atoms with E-state index in [-0.39, 0.29) is 0 Å². The van der Waals surface area contributed by atoms with E-state index in [1.54, 1.807) is 11.8 Å². The molecule has 0 amide bonds. The van der Waals surface area contributed by atoms with Crippen molar-refractivity contribution in [1.29, 1.82) is 0 Å². The van der Waals surface area contributed by atoms with Crippen LogP contribution in [0, 0.1) is 13.8 Å². The molecule has 0 aliphatic rings. The Balaban J connectivity index is 1.80. The summed E-state index contributed by atoms with van der Waals surface area (Å²) in [5.41, 5.74) is 2.35. The van der Waals surface area contributed by atoms with E-state index in [9.17, 15) is 0 Å². The summed E-state index contributed by atoms with van der Waals surface area (Å²) < 4.78 is 5.84. The number of nitrogens with zero attached hydrogens (tertiary/aromatic N) is 2. The minimum atomic E-state index is 0.659. The minimum Gasteiger partial charge on any atom is -0.492 e. The van der Waals surface area contributed by atoms with Gasteiger partial charge in [-0.1, -0.05) is 36.9 Å². The van der Waals surface area contributed by atoms with Crippen LogP contribution < -0.4 is 4.74 Å². The third kappa shape index (κ3) is 3.73. The quantitative estimate of drug-likeness (QED) is 0.651. The third-order valence-electron chi connectivity index (χ3n) is 2.82. The highest BCUT2D eigenvalue weighted by Gasteiger charge is 2.05. The monoisotopic (exact) mass is 277 g/mol. The van der Waals surface area contributed by atoms with Crippen LogP contribution in [-0.2, 0) is 6.42 Å². The first-order chi connectivity index (χ1) is 9.20. The summed E-state index contributed by atoms with van der Waals surface area (Å²) in [6.07, 6.45) is 0.881. The van der Waals surface area contributed by atoms with Crippen LogP contribution in [0.4, 0.5) is 0 Å². The van der Waals surface area contributed by atoms with E-state index in [1.165, 1.54) is 11.1 Å². The van der Waals surface area contributed by atoms with Crippen LogP contribution >= 0.6 is 11.8 Å². The molecule has 0 saturated carbocycles. The molecule has 0 aliphatic carbocycles. The molecule has 0 aliphatic heterocycles. The SMILES string of the molecule is CCc1nc(SCCOc2c(C)cccc2C)n[nH]1. The van der Waals surface area contributed by atoms with Gasteiger partial charge in [0.1, 0.15) is 11.6 Å². The molecule has 1 aromatic heterocycles. The fraction of sp³-hybridized carbons (Fsp3) is 0.429. The molecule has 0 bridgehead atoms.